The molecule has 1 aliphatic heterocycles. The van der Waals surface area contributed by atoms with E-state index in [0.29, 0.717) is 39.9 Å². The van der Waals surface area contributed by atoms with Gasteiger partial charge in [-0.15, -0.1) is 0 Å². The van der Waals surface area contributed by atoms with E-state index in [1.807, 2.05) is 29.9 Å². The van der Waals surface area contributed by atoms with Gasteiger partial charge in [0.2, 0.25) is 0 Å². The molecule has 0 fully saturated rings. The van der Waals surface area contributed by atoms with Crippen LogP contribution in [0.1, 0.15) is 27.5 Å². The number of carbonyl (C=O) groups is 2. The second-order valence-corrected chi connectivity index (χ2v) is 8.06. The number of hydrogen-bond donors (Lipinski definition) is 2. The Morgan fingerprint density at radius 1 is 1.21 bits per heavy atom. The van der Waals surface area contributed by atoms with Crippen LogP contribution in [0.2, 0.25) is 5.02 Å². The number of benzene rings is 2. The molecule has 1 aliphatic rings. The van der Waals surface area contributed by atoms with Crippen LogP contribution < -0.4 is 10.6 Å². The Kier molecular flexibility index (Phi) is 5.32. The van der Waals surface area contributed by atoms with E-state index in [1.54, 1.807) is 54.7 Å². The third kappa shape index (κ3) is 4.18. The van der Waals surface area contributed by atoms with Crippen LogP contribution in [-0.4, -0.2) is 21.4 Å². The molecule has 2 amide bonds. The van der Waals surface area contributed by atoms with E-state index in [2.05, 4.69) is 15.6 Å². The summed E-state index contributed by atoms with van der Waals surface area (Å²) in [7, 11) is 1.88. The van der Waals surface area contributed by atoms with Crippen LogP contribution >= 0.6 is 11.6 Å². The minimum Gasteiger partial charge on any atom is -0.457 e. The number of carbonyl (C=O) groups excluding carboxylic acids is 2. The summed E-state index contributed by atoms with van der Waals surface area (Å²) in [5.74, 6) is 1.46. The van der Waals surface area contributed by atoms with Crippen molar-refractivity contribution in [1.29, 1.82) is 0 Å². The van der Waals surface area contributed by atoms with Gasteiger partial charge in [-0.2, -0.15) is 0 Å². The lowest BCUT2D eigenvalue weighted by molar-refractivity contribution is -0.110. The largest absolute Gasteiger partial charge is 0.457 e. The minimum absolute atomic E-state index is 0.204. The SMILES string of the molecule is Cn1ccnc1CNC(=O)c1cccc(-c2ccc(C=C3C(=O)Nc4ccc(Cl)cc43)o2)c1. The fourth-order valence-electron chi connectivity index (χ4n) is 3.67. The van der Waals surface area contributed by atoms with Crippen molar-refractivity contribution in [2.75, 3.05) is 5.32 Å². The molecule has 33 heavy (non-hydrogen) atoms. The lowest BCUT2D eigenvalue weighted by atomic mass is 10.1. The van der Waals surface area contributed by atoms with Crippen LogP contribution in [0.15, 0.2) is 71.4 Å². The third-order valence-corrected chi connectivity index (χ3v) is 5.65. The maximum absolute atomic E-state index is 12.6. The summed E-state index contributed by atoms with van der Waals surface area (Å²) in [6.45, 7) is 0.332. The molecule has 2 aromatic carbocycles. The average Bonchev–Trinajstić information content (AvgIpc) is 3.52. The summed E-state index contributed by atoms with van der Waals surface area (Å²) in [5, 5.41) is 6.25. The number of halogens is 1. The van der Waals surface area contributed by atoms with Crippen molar-refractivity contribution < 1.29 is 14.0 Å². The van der Waals surface area contributed by atoms with Gasteiger partial charge < -0.3 is 19.6 Å². The number of anilines is 1. The highest BCUT2D eigenvalue weighted by Crippen LogP contribution is 2.35. The zero-order valence-corrected chi connectivity index (χ0v) is 18.4. The molecule has 4 aromatic rings. The number of aromatic nitrogens is 2. The van der Waals surface area contributed by atoms with E-state index in [9.17, 15) is 9.59 Å². The van der Waals surface area contributed by atoms with Gasteiger partial charge in [0.15, 0.2) is 0 Å². The van der Waals surface area contributed by atoms with Crippen LogP contribution in [-0.2, 0) is 18.4 Å². The maximum atomic E-state index is 12.6. The Hall–Kier alpha value is -4.10. The number of imidazole rings is 1. The van der Waals surface area contributed by atoms with E-state index >= 15 is 0 Å². The van der Waals surface area contributed by atoms with Gasteiger partial charge >= 0.3 is 0 Å². The topological polar surface area (TPSA) is 89.2 Å². The molecule has 2 aromatic heterocycles. The number of nitrogens with zero attached hydrogens (tertiary/aromatic N) is 2. The molecule has 0 spiro atoms. The first-order valence-corrected chi connectivity index (χ1v) is 10.6. The molecule has 0 saturated carbocycles. The Balaban J connectivity index is 1.36. The van der Waals surface area contributed by atoms with Crippen LogP contribution in [0.3, 0.4) is 0 Å². The summed E-state index contributed by atoms with van der Waals surface area (Å²) in [6.07, 6.45) is 5.20. The third-order valence-electron chi connectivity index (χ3n) is 5.42. The first-order valence-electron chi connectivity index (χ1n) is 10.3. The zero-order chi connectivity index (χ0) is 22.9. The monoisotopic (exact) mass is 458 g/mol. The van der Waals surface area contributed by atoms with Gasteiger partial charge in [0.25, 0.3) is 11.8 Å². The van der Waals surface area contributed by atoms with Gasteiger partial charge in [-0.25, -0.2) is 4.98 Å². The second kappa shape index (κ2) is 8.44. The predicted molar refractivity (Wildman–Crippen MR) is 126 cm³/mol. The number of nitrogens with one attached hydrogen (secondary N) is 2. The van der Waals surface area contributed by atoms with Crippen molar-refractivity contribution in [3.63, 3.8) is 0 Å². The van der Waals surface area contributed by atoms with E-state index in [4.69, 9.17) is 16.0 Å². The van der Waals surface area contributed by atoms with E-state index in [1.165, 1.54) is 0 Å². The molecular weight excluding hydrogens is 440 g/mol. The van der Waals surface area contributed by atoms with Gasteiger partial charge in [0.05, 0.1) is 12.1 Å². The molecule has 0 saturated heterocycles. The van der Waals surface area contributed by atoms with Crippen LogP contribution in [0.5, 0.6) is 0 Å². The molecule has 0 aliphatic carbocycles. The summed E-state index contributed by atoms with van der Waals surface area (Å²) in [6, 6.07) is 16.0. The number of rotatable bonds is 5. The molecular formula is C25H19ClN4O3. The Morgan fingerprint density at radius 2 is 2.09 bits per heavy atom. The Bertz CT molecular complexity index is 1420. The maximum Gasteiger partial charge on any atom is 0.256 e. The van der Waals surface area contributed by atoms with Gasteiger partial charge in [-0.05, 0) is 48.5 Å². The number of fused-ring (bicyclic) bond motifs is 1. The fraction of sp³-hybridized carbons (Fsp3) is 0.0800. The normalized spacial score (nSPS) is 13.8. The average molecular weight is 459 g/mol. The molecule has 0 bridgehead atoms. The predicted octanol–water partition coefficient (Wildman–Crippen LogP) is 4.76. The van der Waals surface area contributed by atoms with Gasteiger partial charge in [0, 0.05) is 46.8 Å². The van der Waals surface area contributed by atoms with Crippen molar-refractivity contribution in [2.45, 2.75) is 6.54 Å². The quantitative estimate of drug-likeness (QED) is 0.422. The van der Waals surface area contributed by atoms with Crippen molar-refractivity contribution >= 4 is 40.8 Å². The smallest absolute Gasteiger partial charge is 0.256 e. The van der Waals surface area contributed by atoms with E-state index in [0.717, 1.165) is 17.0 Å². The molecule has 0 radical (unpaired) electrons. The number of aryl methyl sites for hydroxylation is 1. The Morgan fingerprint density at radius 3 is 2.91 bits per heavy atom. The number of hydrogen-bond acceptors (Lipinski definition) is 4. The van der Waals surface area contributed by atoms with Crippen molar-refractivity contribution in [3.05, 3.63) is 94.7 Å². The zero-order valence-electron chi connectivity index (χ0n) is 17.6. The molecule has 7 nitrogen and oxygen atoms in total. The molecule has 3 heterocycles. The highest BCUT2D eigenvalue weighted by Gasteiger charge is 2.24. The van der Waals surface area contributed by atoms with E-state index in [-0.39, 0.29) is 11.8 Å². The number of amides is 2. The first kappa shape index (κ1) is 20.8. The number of furan rings is 1. The second-order valence-electron chi connectivity index (χ2n) is 7.62. The van der Waals surface area contributed by atoms with Gasteiger partial charge in [-0.1, -0.05) is 23.7 Å². The molecule has 8 heteroatoms. The van der Waals surface area contributed by atoms with Crippen molar-refractivity contribution in [1.82, 2.24) is 14.9 Å². The lowest BCUT2D eigenvalue weighted by Gasteiger charge is -2.06. The highest BCUT2D eigenvalue weighted by molar-refractivity contribution is 6.36. The Labute approximate surface area is 194 Å². The lowest BCUT2D eigenvalue weighted by Crippen LogP contribution is -2.24. The molecule has 5 rings (SSSR count). The molecule has 164 valence electrons. The standard InChI is InChI=1S/C25H19ClN4O3/c1-30-10-9-27-23(30)14-28-24(31)16-4-2-3-15(11-16)22-8-6-18(33-22)13-20-19-12-17(26)5-7-21(19)29-25(20)32/h2-13H,14H2,1H3,(H,28,31)(H,29,32). The van der Waals surface area contributed by atoms with Gasteiger partial charge in [-0.3, -0.25) is 9.59 Å². The summed E-state index contributed by atoms with van der Waals surface area (Å²) in [5.41, 5.74) is 3.19. The van der Waals surface area contributed by atoms with Crippen molar-refractivity contribution in [3.8, 4) is 11.3 Å². The minimum atomic E-state index is -0.211. The molecule has 0 atom stereocenters. The van der Waals surface area contributed by atoms with Crippen LogP contribution in [0.4, 0.5) is 5.69 Å². The highest BCUT2D eigenvalue weighted by atomic mass is 35.5. The van der Waals surface area contributed by atoms with Crippen molar-refractivity contribution in [2.24, 2.45) is 7.05 Å². The summed E-state index contributed by atoms with van der Waals surface area (Å²) in [4.78, 5) is 29.2. The van der Waals surface area contributed by atoms with E-state index < -0.39 is 0 Å². The molecule has 2 N–H and O–H groups in total. The fourth-order valence-corrected chi connectivity index (χ4v) is 3.85. The van der Waals surface area contributed by atoms with Gasteiger partial charge in [0.1, 0.15) is 17.3 Å². The summed E-state index contributed by atoms with van der Waals surface area (Å²) < 4.78 is 7.81. The molecule has 0 unspecified atom stereocenters. The van der Waals surface area contributed by atoms with Crippen LogP contribution in [0.25, 0.3) is 23.0 Å². The first-order chi connectivity index (χ1) is 16.0. The summed E-state index contributed by atoms with van der Waals surface area (Å²) >= 11 is 6.10. The van der Waals surface area contributed by atoms with Crippen LogP contribution in [0, 0.1) is 0 Å².